The molecule has 0 aliphatic rings. The first kappa shape index (κ1) is 17.9. The molecular formula is C20H16ClN5O2. The number of hydrogen-bond acceptors (Lipinski definition) is 5. The molecule has 2 N–H and O–H groups in total. The molecule has 1 atom stereocenters. The van der Waals surface area contributed by atoms with Crippen molar-refractivity contribution < 1.29 is 9.32 Å². The minimum Gasteiger partial charge on any atom is -0.360 e. The summed E-state index contributed by atoms with van der Waals surface area (Å²) in [6.45, 7) is 1.80. The second kappa shape index (κ2) is 7.66. The number of fused-ring (bicyclic) bond motifs is 1. The summed E-state index contributed by atoms with van der Waals surface area (Å²) < 4.78 is 5.31. The van der Waals surface area contributed by atoms with Crippen LogP contribution in [0.15, 0.2) is 64.2 Å². The van der Waals surface area contributed by atoms with Gasteiger partial charge in [-0.15, -0.1) is 0 Å². The van der Waals surface area contributed by atoms with Crippen molar-refractivity contribution in [2.24, 2.45) is 4.99 Å². The zero-order valence-corrected chi connectivity index (χ0v) is 15.6. The summed E-state index contributed by atoms with van der Waals surface area (Å²) in [5, 5.41) is 15.1. The van der Waals surface area contributed by atoms with Crippen LogP contribution in [-0.4, -0.2) is 27.5 Å². The highest BCUT2D eigenvalue weighted by molar-refractivity contribution is 6.30. The Labute approximate surface area is 165 Å². The molecule has 0 bridgehead atoms. The van der Waals surface area contributed by atoms with Gasteiger partial charge in [-0.3, -0.25) is 14.9 Å². The molecule has 7 nitrogen and oxygen atoms in total. The molecule has 0 aliphatic carbocycles. The molecule has 4 rings (SSSR count). The predicted octanol–water partition coefficient (Wildman–Crippen LogP) is 4.64. The van der Waals surface area contributed by atoms with E-state index in [4.69, 9.17) is 16.1 Å². The second-order valence-corrected chi connectivity index (χ2v) is 6.70. The summed E-state index contributed by atoms with van der Waals surface area (Å²) in [6, 6.07) is 14.2. The van der Waals surface area contributed by atoms with Crippen LogP contribution in [0.3, 0.4) is 0 Å². The lowest BCUT2D eigenvalue weighted by Gasteiger charge is -2.10. The van der Waals surface area contributed by atoms with Crippen molar-refractivity contribution in [3.05, 3.63) is 71.2 Å². The number of aromatic amines is 1. The van der Waals surface area contributed by atoms with E-state index in [1.165, 1.54) is 0 Å². The van der Waals surface area contributed by atoms with E-state index in [0.717, 1.165) is 10.9 Å². The van der Waals surface area contributed by atoms with Gasteiger partial charge in [-0.2, -0.15) is 5.10 Å². The SMILES string of the molecule is Cc1cc(C(C=Nc2ccc3[nH]ncc3c2)C(=O)Nc2ccc(Cl)cc2)on1. The highest BCUT2D eigenvalue weighted by atomic mass is 35.5. The minimum atomic E-state index is -0.739. The second-order valence-electron chi connectivity index (χ2n) is 6.26. The third kappa shape index (κ3) is 3.94. The van der Waals surface area contributed by atoms with Gasteiger partial charge in [0.2, 0.25) is 5.91 Å². The van der Waals surface area contributed by atoms with Gasteiger partial charge in [0.1, 0.15) is 5.92 Å². The fraction of sp³-hybridized carbons (Fsp3) is 0.100. The number of nitrogens with one attached hydrogen (secondary N) is 2. The highest BCUT2D eigenvalue weighted by Gasteiger charge is 2.23. The van der Waals surface area contributed by atoms with Crippen molar-refractivity contribution in [1.29, 1.82) is 0 Å². The lowest BCUT2D eigenvalue weighted by Crippen LogP contribution is -2.22. The number of rotatable bonds is 5. The molecule has 0 fully saturated rings. The first-order valence-electron chi connectivity index (χ1n) is 8.55. The molecule has 1 amide bonds. The largest absolute Gasteiger partial charge is 0.360 e. The van der Waals surface area contributed by atoms with E-state index in [2.05, 4.69) is 25.7 Å². The third-order valence-electron chi connectivity index (χ3n) is 4.14. The van der Waals surface area contributed by atoms with Crippen molar-refractivity contribution in [3.63, 3.8) is 0 Å². The van der Waals surface area contributed by atoms with Gasteiger partial charge in [-0.1, -0.05) is 16.8 Å². The first-order valence-corrected chi connectivity index (χ1v) is 8.93. The Kier molecular flexibility index (Phi) is 4.90. The van der Waals surface area contributed by atoms with Crippen molar-refractivity contribution >= 4 is 46.0 Å². The smallest absolute Gasteiger partial charge is 0.240 e. The molecule has 2 aromatic carbocycles. The van der Waals surface area contributed by atoms with Crippen molar-refractivity contribution in [2.45, 2.75) is 12.8 Å². The average Bonchev–Trinajstić information content (AvgIpc) is 3.32. The zero-order valence-electron chi connectivity index (χ0n) is 14.9. The van der Waals surface area contributed by atoms with Crippen molar-refractivity contribution in [1.82, 2.24) is 15.4 Å². The number of aromatic nitrogens is 3. The van der Waals surface area contributed by atoms with E-state index >= 15 is 0 Å². The monoisotopic (exact) mass is 393 g/mol. The van der Waals surface area contributed by atoms with E-state index in [0.29, 0.717) is 27.9 Å². The Morgan fingerprint density at radius 3 is 2.82 bits per heavy atom. The van der Waals surface area contributed by atoms with Gasteiger partial charge in [-0.05, 0) is 49.4 Å². The van der Waals surface area contributed by atoms with Crippen LogP contribution in [0.2, 0.25) is 5.02 Å². The van der Waals surface area contributed by atoms with Crippen LogP contribution in [0.5, 0.6) is 0 Å². The number of benzene rings is 2. The van der Waals surface area contributed by atoms with Crippen molar-refractivity contribution in [2.75, 3.05) is 5.32 Å². The number of hydrogen-bond donors (Lipinski definition) is 2. The topological polar surface area (TPSA) is 96.2 Å². The average molecular weight is 394 g/mol. The van der Waals surface area contributed by atoms with Crippen LogP contribution in [0, 0.1) is 6.92 Å². The minimum absolute atomic E-state index is 0.286. The zero-order chi connectivity index (χ0) is 19.5. The first-order chi connectivity index (χ1) is 13.6. The number of anilines is 1. The maximum atomic E-state index is 12.9. The molecule has 140 valence electrons. The van der Waals surface area contributed by atoms with Crippen LogP contribution in [0.4, 0.5) is 11.4 Å². The standard InChI is InChI=1S/C20H16ClN5O2/c1-12-8-19(28-26-12)17(20(27)24-15-4-2-14(21)3-5-15)11-22-16-6-7-18-13(9-16)10-23-25-18/h2-11,17H,1H3,(H,23,25)(H,24,27). The van der Waals surface area contributed by atoms with E-state index < -0.39 is 5.92 Å². The molecule has 4 aromatic rings. The lowest BCUT2D eigenvalue weighted by molar-refractivity contribution is -0.116. The molecule has 0 radical (unpaired) electrons. The van der Waals surface area contributed by atoms with Crippen LogP contribution >= 0.6 is 11.6 Å². The number of nitrogens with zero attached hydrogens (tertiary/aromatic N) is 3. The summed E-state index contributed by atoms with van der Waals surface area (Å²) in [5.41, 5.74) is 2.94. The maximum absolute atomic E-state index is 12.9. The van der Waals surface area contributed by atoms with Crippen LogP contribution < -0.4 is 5.32 Å². The molecule has 1 unspecified atom stereocenters. The molecule has 0 saturated heterocycles. The Morgan fingerprint density at radius 1 is 1.25 bits per heavy atom. The van der Waals surface area contributed by atoms with E-state index in [9.17, 15) is 4.79 Å². The highest BCUT2D eigenvalue weighted by Crippen LogP contribution is 2.23. The quantitative estimate of drug-likeness (QED) is 0.483. The van der Waals surface area contributed by atoms with E-state index in [-0.39, 0.29) is 5.91 Å². The van der Waals surface area contributed by atoms with Gasteiger partial charge < -0.3 is 9.84 Å². The Balaban J connectivity index is 1.61. The van der Waals surface area contributed by atoms with Gasteiger partial charge in [0, 0.05) is 28.4 Å². The van der Waals surface area contributed by atoms with Gasteiger partial charge in [-0.25, -0.2) is 0 Å². The normalized spacial score (nSPS) is 12.5. The molecule has 0 aliphatic heterocycles. The Bertz CT molecular complexity index is 1150. The third-order valence-corrected chi connectivity index (χ3v) is 4.40. The molecule has 8 heteroatoms. The van der Waals surface area contributed by atoms with Crippen LogP contribution in [0.25, 0.3) is 10.9 Å². The molecule has 0 saturated carbocycles. The number of carbonyl (C=O) groups is 1. The summed E-state index contributed by atoms with van der Waals surface area (Å²) in [7, 11) is 0. The molecular weight excluding hydrogens is 378 g/mol. The summed E-state index contributed by atoms with van der Waals surface area (Å²) >= 11 is 5.90. The summed E-state index contributed by atoms with van der Waals surface area (Å²) in [5.74, 6) is -0.611. The fourth-order valence-electron chi connectivity index (χ4n) is 2.72. The number of H-pyrrole nitrogens is 1. The number of carbonyl (C=O) groups excluding carboxylic acids is 1. The molecule has 2 heterocycles. The Hall–Kier alpha value is -3.45. The number of halogens is 1. The lowest BCUT2D eigenvalue weighted by atomic mass is 10.1. The van der Waals surface area contributed by atoms with Gasteiger partial charge in [0.15, 0.2) is 5.76 Å². The van der Waals surface area contributed by atoms with Gasteiger partial charge in [0.25, 0.3) is 0 Å². The van der Waals surface area contributed by atoms with Crippen LogP contribution in [0.1, 0.15) is 17.4 Å². The molecule has 2 aromatic heterocycles. The summed E-state index contributed by atoms with van der Waals surface area (Å²) in [6.07, 6.45) is 3.27. The van der Waals surface area contributed by atoms with E-state index in [1.54, 1.807) is 49.7 Å². The Morgan fingerprint density at radius 2 is 2.07 bits per heavy atom. The summed E-state index contributed by atoms with van der Waals surface area (Å²) in [4.78, 5) is 17.3. The fourth-order valence-corrected chi connectivity index (χ4v) is 2.85. The number of amides is 1. The van der Waals surface area contributed by atoms with Gasteiger partial charge >= 0.3 is 0 Å². The maximum Gasteiger partial charge on any atom is 0.240 e. The van der Waals surface area contributed by atoms with Crippen LogP contribution in [-0.2, 0) is 4.79 Å². The van der Waals surface area contributed by atoms with E-state index in [1.807, 2.05) is 18.2 Å². The molecule has 0 spiro atoms. The number of aryl methyl sites for hydroxylation is 1. The van der Waals surface area contributed by atoms with Crippen molar-refractivity contribution in [3.8, 4) is 0 Å². The number of aliphatic imine (C=N–C) groups is 1. The molecule has 28 heavy (non-hydrogen) atoms. The predicted molar refractivity (Wildman–Crippen MR) is 108 cm³/mol. The van der Waals surface area contributed by atoms with Gasteiger partial charge in [0.05, 0.1) is 23.1 Å².